The molecule has 0 amide bonds. The standard InChI is InChI=1S/C30H30FNO3/c1-5-6-28(22(4)20(2)15-21(3)27-9-7-23(19-33)16-29(27)31)24-8-10-30(25(17-24)18-32)35-26-11-13-34-14-12-26/h5-10,15-17,19,26H,1,11-14H2,2-4H3/b21-15+,22-20+,28-6+. The van der Waals surface area contributed by atoms with Crippen molar-refractivity contribution in [2.75, 3.05) is 13.2 Å². The molecule has 0 atom stereocenters. The van der Waals surface area contributed by atoms with E-state index in [1.165, 1.54) is 6.07 Å². The quantitative estimate of drug-likeness (QED) is 0.305. The topological polar surface area (TPSA) is 59.3 Å². The first-order valence-corrected chi connectivity index (χ1v) is 11.6. The van der Waals surface area contributed by atoms with Gasteiger partial charge in [0.1, 0.15) is 30.0 Å². The highest BCUT2D eigenvalue weighted by Gasteiger charge is 2.18. The third kappa shape index (κ3) is 6.44. The molecule has 0 N–H and O–H groups in total. The zero-order valence-corrected chi connectivity index (χ0v) is 20.4. The van der Waals surface area contributed by atoms with E-state index < -0.39 is 5.82 Å². The fraction of sp³-hybridized carbons (Fsp3) is 0.267. The van der Waals surface area contributed by atoms with Gasteiger partial charge in [-0.15, -0.1) is 0 Å². The minimum Gasteiger partial charge on any atom is -0.489 e. The first-order chi connectivity index (χ1) is 16.9. The lowest BCUT2D eigenvalue weighted by Crippen LogP contribution is -2.26. The minimum absolute atomic E-state index is 0.0443. The van der Waals surface area contributed by atoms with Crippen LogP contribution in [-0.2, 0) is 4.74 Å². The van der Waals surface area contributed by atoms with Crippen molar-refractivity contribution in [1.29, 1.82) is 5.26 Å². The molecule has 1 aliphatic heterocycles. The third-order valence-electron chi connectivity index (χ3n) is 6.14. The summed E-state index contributed by atoms with van der Waals surface area (Å²) in [6.45, 7) is 11.0. The highest BCUT2D eigenvalue weighted by Crippen LogP contribution is 2.32. The number of hydrogen-bond acceptors (Lipinski definition) is 4. The second-order valence-corrected chi connectivity index (χ2v) is 8.56. The maximum atomic E-state index is 14.5. The fourth-order valence-corrected chi connectivity index (χ4v) is 4.06. The Morgan fingerprint density at radius 1 is 1.17 bits per heavy atom. The normalized spacial score (nSPS) is 15.7. The number of ether oxygens (including phenoxy) is 2. The Balaban J connectivity index is 1.93. The number of nitrogens with zero attached hydrogens (tertiary/aromatic N) is 1. The largest absolute Gasteiger partial charge is 0.489 e. The zero-order valence-electron chi connectivity index (χ0n) is 20.4. The van der Waals surface area contributed by atoms with Gasteiger partial charge in [0, 0.05) is 24.0 Å². The van der Waals surface area contributed by atoms with Crippen LogP contribution in [0.3, 0.4) is 0 Å². The Morgan fingerprint density at radius 2 is 1.91 bits per heavy atom. The van der Waals surface area contributed by atoms with E-state index in [1.54, 1.807) is 18.2 Å². The van der Waals surface area contributed by atoms with Crippen molar-refractivity contribution in [3.8, 4) is 11.8 Å². The van der Waals surface area contributed by atoms with E-state index in [2.05, 4.69) is 12.6 Å². The first-order valence-electron chi connectivity index (χ1n) is 11.6. The number of benzene rings is 2. The van der Waals surface area contributed by atoms with E-state index in [4.69, 9.17) is 9.47 Å². The maximum absolute atomic E-state index is 14.5. The Morgan fingerprint density at radius 3 is 2.54 bits per heavy atom. The fourth-order valence-electron chi connectivity index (χ4n) is 4.06. The van der Waals surface area contributed by atoms with E-state index in [9.17, 15) is 14.4 Å². The van der Waals surface area contributed by atoms with Gasteiger partial charge < -0.3 is 9.47 Å². The van der Waals surface area contributed by atoms with Crippen LogP contribution in [0.5, 0.6) is 5.75 Å². The highest BCUT2D eigenvalue weighted by molar-refractivity contribution is 5.83. The second-order valence-electron chi connectivity index (χ2n) is 8.56. The molecule has 1 heterocycles. The van der Waals surface area contributed by atoms with Gasteiger partial charge >= 0.3 is 0 Å². The maximum Gasteiger partial charge on any atom is 0.150 e. The summed E-state index contributed by atoms with van der Waals surface area (Å²) in [5.41, 5.74) is 5.64. The van der Waals surface area contributed by atoms with Crippen molar-refractivity contribution >= 4 is 17.4 Å². The number of carbonyl (C=O) groups excluding carboxylic acids is 1. The molecule has 0 radical (unpaired) electrons. The molecule has 0 spiro atoms. The SMILES string of the molecule is C=C\C=C(/C(C)=C(C)/C=C(\C)c1ccc(C=O)cc1F)c1ccc(OC2CCOCC2)c(C#N)c1. The molecule has 5 heteroatoms. The summed E-state index contributed by atoms with van der Waals surface area (Å²) in [5, 5.41) is 9.77. The van der Waals surface area contributed by atoms with Gasteiger partial charge in [0.25, 0.3) is 0 Å². The van der Waals surface area contributed by atoms with Crippen molar-refractivity contribution in [3.05, 3.63) is 100 Å². The van der Waals surface area contributed by atoms with E-state index >= 15 is 0 Å². The van der Waals surface area contributed by atoms with Gasteiger partial charge in [-0.2, -0.15) is 5.26 Å². The van der Waals surface area contributed by atoms with Crippen LogP contribution < -0.4 is 4.74 Å². The van der Waals surface area contributed by atoms with E-state index in [0.29, 0.717) is 41.9 Å². The lowest BCUT2D eigenvalue weighted by Gasteiger charge is -2.24. The molecule has 0 bridgehead atoms. The average Bonchev–Trinajstić information content (AvgIpc) is 2.87. The lowest BCUT2D eigenvalue weighted by molar-refractivity contribution is 0.0254. The molecular weight excluding hydrogens is 441 g/mol. The second kappa shape index (κ2) is 12.1. The molecule has 1 fully saturated rings. The molecular formula is C30H30FNO3. The average molecular weight is 472 g/mol. The van der Waals surface area contributed by atoms with Crippen LogP contribution in [0, 0.1) is 17.1 Å². The minimum atomic E-state index is -0.436. The number of aldehydes is 1. The molecule has 180 valence electrons. The number of halogens is 1. The Bertz CT molecular complexity index is 1240. The van der Waals surface area contributed by atoms with E-state index in [1.807, 2.05) is 51.1 Å². The van der Waals surface area contributed by atoms with Crippen LogP contribution in [0.2, 0.25) is 0 Å². The zero-order chi connectivity index (χ0) is 25.4. The molecule has 0 saturated carbocycles. The summed E-state index contributed by atoms with van der Waals surface area (Å²) in [6.07, 6.45) is 7.81. The summed E-state index contributed by atoms with van der Waals surface area (Å²) in [7, 11) is 0. The number of allylic oxidation sites excluding steroid dienone is 7. The van der Waals surface area contributed by atoms with Gasteiger partial charge in [-0.05, 0) is 66.8 Å². The van der Waals surface area contributed by atoms with Crippen molar-refractivity contribution in [3.63, 3.8) is 0 Å². The third-order valence-corrected chi connectivity index (χ3v) is 6.14. The number of hydrogen-bond donors (Lipinski definition) is 0. The van der Waals surface area contributed by atoms with Crippen molar-refractivity contribution in [1.82, 2.24) is 0 Å². The number of carbonyl (C=O) groups is 1. The van der Waals surface area contributed by atoms with Gasteiger partial charge in [-0.1, -0.05) is 43.0 Å². The predicted octanol–water partition coefficient (Wildman–Crippen LogP) is 7.08. The van der Waals surface area contributed by atoms with E-state index in [0.717, 1.165) is 40.7 Å². The van der Waals surface area contributed by atoms with Crippen LogP contribution in [0.1, 0.15) is 60.7 Å². The molecule has 1 saturated heterocycles. The van der Waals surface area contributed by atoms with Gasteiger partial charge in [-0.3, -0.25) is 4.79 Å². The molecule has 0 unspecified atom stereocenters. The smallest absolute Gasteiger partial charge is 0.150 e. The van der Waals surface area contributed by atoms with Crippen molar-refractivity contribution in [2.45, 2.75) is 39.7 Å². The highest BCUT2D eigenvalue weighted by atomic mass is 19.1. The van der Waals surface area contributed by atoms with Crippen LogP contribution in [0.15, 0.2) is 72.4 Å². The van der Waals surface area contributed by atoms with Crippen molar-refractivity contribution in [2.24, 2.45) is 0 Å². The number of rotatable bonds is 8. The number of nitriles is 1. The Hall–Kier alpha value is -3.75. The van der Waals surface area contributed by atoms with Crippen LogP contribution in [0.4, 0.5) is 4.39 Å². The van der Waals surface area contributed by atoms with E-state index in [-0.39, 0.29) is 6.10 Å². The summed E-state index contributed by atoms with van der Waals surface area (Å²) in [6, 6.07) is 12.3. The van der Waals surface area contributed by atoms with Crippen molar-refractivity contribution < 1.29 is 18.7 Å². The lowest BCUT2D eigenvalue weighted by atomic mass is 9.92. The van der Waals surface area contributed by atoms with Crippen LogP contribution in [0.25, 0.3) is 11.1 Å². The molecule has 2 aromatic carbocycles. The summed E-state index contributed by atoms with van der Waals surface area (Å²) < 4.78 is 26.0. The van der Waals surface area contributed by atoms with Crippen LogP contribution in [-0.4, -0.2) is 25.6 Å². The van der Waals surface area contributed by atoms with Gasteiger partial charge in [0.05, 0.1) is 18.8 Å². The molecule has 35 heavy (non-hydrogen) atoms. The molecule has 2 aromatic rings. The molecule has 3 rings (SSSR count). The Labute approximate surface area is 206 Å². The van der Waals surface area contributed by atoms with Gasteiger partial charge in [0.15, 0.2) is 0 Å². The summed E-state index contributed by atoms with van der Waals surface area (Å²) >= 11 is 0. The first kappa shape index (κ1) is 25.9. The van der Waals surface area contributed by atoms with Gasteiger partial charge in [-0.25, -0.2) is 4.39 Å². The predicted molar refractivity (Wildman–Crippen MR) is 138 cm³/mol. The molecule has 0 aliphatic carbocycles. The summed E-state index contributed by atoms with van der Waals surface area (Å²) in [4.78, 5) is 10.9. The molecule has 4 nitrogen and oxygen atoms in total. The molecule has 0 aromatic heterocycles. The summed E-state index contributed by atoms with van der Waals surface area (Å²) in [5.74, 6) is 0.138. The molecule has 1 aliphatic rings. The van der Waals surface area contributed by atoms with Gasteiger partial charge in [0.2, 0.25) is 0 Å². The monoisotopic (exact) mass is 471 g/mol. The Kier molecular flexibility index (Phi) is 8.94. The van der Waals surface area contributed by atoms with Crippen LogP contribution >= 0.6 is 0 Å².